The van der Waals surface area contributed by atoms with Crippen LogP contribution in [0.2, 0.25) is 0 Å². The molecular formula is C20H29N3O3. The fourth-order valence-corrected chi connectivity index (χ4v) is 3.77. The monoisotopic (exact) mass is 359 g/mol. The second-order valence-electron chi connectivity index (χ2n) is 7.78. The van der Waals surface area contributed by atoms with E-state index < -0.39 is 0 Å². The van der Waals surface area contributed by atoms with Gasteiger partial charge in [0.25, 0.3) is 5.91 Å². The van der Waals surface area contributed by atoms with Crippen molar-refractivity contribution in [2.75, 3.05) is 39.3 Å². The van der Waals surface area contributed by atoms with Crippen LogP contribution in [-0.4, -0.2) is 60.9 Å². The molecule has 2 fully saturated rings. The molecule has 1 atom stereocenters. The minimum absolute atomic E-state index is 0.0170. The minimum atomic E-state index is -0.0170. The molecule has 2 aliphatic heterocycles. The minimum Gasteiger partial charge on any atom is -0.484 e. The molecule has 3 rings (SSSR count). The van der Waals surface area contributed by atoms with E-state index >= 15 is 0 Å². The molecule has 2 aliphatic rings. The summed E-state index contributed by atoms with van der Waals surface area (Å²) in [4.78, 5) is 28.8. The van der Waals surface area contributed by atoms with Crippen molar-refractivity contribution in [2.45, 2.75) is 26.2 Å². The van der Waals surface area contributed by atoms with Crippen LogP contribution in [0.3, 0.4) is 0 Å². The SMILES string of the molecule is CC1(CN)CCN(C(=O)C2CCN(C(=O)COc3ccccc3)CC2)C1. The van der Waals surface area contributed by atoms with Crippen molar-refractivity contribution >= 4 is 11.8 Å². The van der Waals surface area contributed by atoms with Gasteiger partial charge in [0.15, 0.2) is 6.61 Å². The van der Waals surface area contributed by atoms with E-state index in [0.717, 1.165) is 32.4 Å². The Balaban J connectivity index is 1.44. The van der Waals surface area contributed by atoms with Crippen molar-refractivity contribution in [1.82, 2.24) is 9.80 Å². The van der Waals surface area contributed by atoms with Crippen molar-refractivity contribution in [1.29, 1.82) is 0 Å². The standard InChI is InChI=1S/C20H29N3O3/c1-20(14-21)9-12-23(15-20)19(25)16-7-10-22(11-8-16)18(24)13-26-17-5-3-2-4-6-17/h2-6,16H,7-15,21H2,1H3. The molecule has 2 amide bonds. The zero-order chi connectivity index (χ0) is 18.6. The van der Waals surface area contributed by atoms with E-state index in [1.807, 2.05) is 35.2 Å². The summed E-state index contributed by atoms with van der Waals surface area (Å²) in [5, 5.41) is 0. The number of likely N-dealkylation sites (tertiary alicyclic amines) is 2. The number of ether oxygens (including phenoxy) is 1. The average Bonchev–Trinajstić information content (AvgIpc) is 3.09. The Labute approximate surface area is 155 Å². The number of benzene rings is 1. The van der Waals surface area contributed by atoms with Crippen LogP contribution in [0, 0.1) is 11.3 Å². The first-order valence-electron chi connectivity index (χ1n) is 9.45. The first kappa shape index (κ1) is 18.7. The molecule has 6 heteroatoms. The molecule has 1 aromatic carbocycles. The first-order chi connectivity index (χ1) is 12.5. The smallest absolute Gasteiger partial charge is 0.260 e. The quantitative estimate of drug-likeness (QED) is 0.864. The van der Waals surface area contributed by atoms with E-state index in [1.165, 1.54) is 0 Å². The molecule has 2 heterocycles. The Morgan fingerprint density at radius 2 is 1.85 bits per heavy atom. The van der Waals surface area contributed by atoms with Crippen LogP contribution in [-0.2, 0) is 9.59 Å². The molecule has 1 unspecified atom stereocenters. The number of nitrogens with two attached hydrogens (primary N) is 1. The average molecular weight is 359 g/mol. The summed E-state index contributed by atoms with van der Waals surface area (Å²) in [6.45, 7) is 5.61. The summed E-state index contributed by atoms with van der Waals surface area (Å²) in [6, 6.07) is 9.34. The van der Waals surface area contributed by atoms with Gasteiger partial charge in [0.2, 0.25) is 5.91 Å². The summed E-state index contributed by atoms with van der Waals surface area (Å²) in [5.74, 6) is 0.934. The van der Waals surface area contributed by atoms with Crippen LogP contribution in [0.25, 0.3) is 0 Å². The lowest BCUT2D eigenvalue weighted by molar-refractivity contribution is -0.141. The van der Waals surface area contributed by atoms with Crippen LogP contribution in [0.5, 0.6) is 5.75 Å². The second kappa shape index (κ2) is 8.08. The Morgan fingerprint density at radius 1 is 1.15 bits per heavy atom. The van der Waals surface area contributed by atoms with Crippen molar-refractivity contribution in [3.63, 3.8) is 0 Å². The molecule has 0 saturated carbocycles. The van der Waals surface area contributed by atoms with Gasteiger partial charge in [0.05, 0.1) is 0 Å². The number of hydrogen-bond donors (Lipinski definition) is 1. The van der Waals surface area contributed by atoms with Gasteiger partial charge in [-0.15, -0.1) is 0 Å². The molecule has 0 aromatic heterocycles. The van der Waals surface area contributed by atoms with Gasteiger partial charge in [0, 0.05) is 32.1 Å². The summed E-state index contributed by atoms with van der Waals surface area (Å²) >= 11 is 0. The molecule has 6 nitrogen and oxygen atoms in total. The summed E-state index contributed by atoms with van der Waals surface area (Å²) < 4.78 is 5.53. The summed E-state index contributed by atoms with van der Waals surface area (Å²) in [7, 11) is 0. The van der Waals surface area contributed by atoms with Gasteiger partial charge in [0.1, 0.15) is 5.75 Å². The number of carbonyl (C=O) groups excluding carboxylic acids is 2. The van der Waals surface area contributed by atoms with Crippen molar-refractivity contribution < 1.29 is 14.3 Å². The maximum absolute atomic E-state index is 12.7. The summed E-state index contributed by atoms with van der Waals surface area (Å²) in [6.07, 6.45) is 2.43. The molecule has 2 N–H and O–H groups in total. The number of para-hydroxylation sites is 1. The number of hydrogen-bond acceptors (Lipinski definition) is 4. The van der Waals surface area contributed by atoms with Gasteiger partial charge >= 0.3 is 0 Å². The van der Waals surface area contributed by atoms with Gasteiger partial charge in [-0.3, -0.25) is 9.59 Å². The first-order valence-corrected chi connectivity index (χ1v) is 9.45. The topological polar surface area (TPSA) is 75.9 Å². The van der Waals surface area contributed by atoms with E-state index in [-0.39, 0.29) is 29.8 Å². The predicted octanol–water partition coefficient (Wildman–Crippen LogP) is 1.50. The molecule has 142 valence electrons. The highest BCUT2D eigenvalue weighted by molar-refractivity contribution is 5.81. The normalized spacial score (nSPS) is 23.9. The van der Waals surface area contributed by atoms with Gasteiger partial charge in [-0.05, 0) is 43.4 Å². The maximum Gasteiger partial charge on any atom is 0.260 e. The molecule has 0 spiro atoms. The van der Waals surface area contributed by atoms with E-state index in [9.17, 15) is 9.59 Å². The molecule has 1 aromatic rings. The Bertz CT molecular complexity index is 628. The zero-order valence-electron chi connectivity index (χ0n) is 15.5. The Hall–Kier alpha value is -2.08. The van der Waals surface area contributed by atoms with Gasteiger partial charge in [-0.25, -0.2) is 0 Å². The van der Waals surface area contributed by atoms with Gasteiger partial charge < -0.3 is 20.3 Å². The number of amides is 2. The number of rotatable bonds is 5. The lowest BCUT2D eigenvalue weighted by atomic mass is 9.90. The highest BCUT2D eigenvalue weighted by Crippen LogP contribution is 2.31. The van der Waals surface area contributed by atoms with E-state index in [2.05, 4.69) is 6.92 Å². The fourth-order valence-electron chi connectivity index (χ4n) is 3.77. The van der Waals surface area contributed by atoms with Crippen molar-refractivity contribution in [3.8, 4) is 5.75 Å². The Kier molecular flexibility index (Phi) is 5.81. The van der Waals surface area contributed by atoms with Crippen LogP contribution >= 0.6 is 0 Å². The predicted molar refractivity (Wildman–Crippen MR) is 99.6 cm³/mol. The molecule has 0 aliphatic carbocycles. The fraction of sp³-hybridized carbons (Fsp3) is 0.600. The number of nitrogens with zero attached hydrogens (tertiary/aromatic N) is 2. The third kappa shape index (κ3) is 4.36. The van der Waals surface area contributed by atoms with Crippen molar-refractivity contribution in [2.24, 2.45) is 17.1 Å². The van der Waals surface area contributed by atoms with Crippen LogP contribution in [0.1, 0.15) is 26.2 Å². The maximum atomic E-state index is 12.7. The number of piperidine rings is 1. The molecule has 0 bridgehead atoms. The highest BCUT2D eigenvalue weighted by atomic mass is 16.5. The summed E-state index contributed by atoms with van der Waals surface area (Å²) in [5.41, 5.74) is 5.89. The highest BCUT2D eigenvalue weighted by Gasteiger charge is 2.38. The lowest BCUT2D eigenvalue weighted by Gasteiger charge is -2.33. The largest absolute Gasteiger partial charge is 0.484 e. The van der Waals surface area contributed by atoms with Crippen molar-refractivity contribution in [3.05, 3.63) is 30.3 Å². The van der Waals surface area contributed by atoms with E-state index in [0.29, 0.717) is 25.4 Å². The third-order valence-electron chi connectivity index (χ3n) is 5.66. The third-order valence-corrected chi connectivity index (χ3v) is 5.66. The molecule has 0 radical (unpaired) electrons. The van der Waals surface area contributed by atoms with Gasteiger partial charge in [-0.1, -0.05) is 25.1 Å². The van der Waals surface area contributed by atoms with Crippen LogP contribution < -0.4 is 10.5 Å². The molecule has 2 saturated heterocycles. The van der Waals surface area contributed by atoms with Crippen LogP contribution in [0.15, 0.2) is 30.3 Å². The zero-order valence-corrected chi connectivity index (χ0v) is 15.5. The van der Waals surface area contributed by atoms with E-state index in [4.69, 9.17) is 10.5 Å². The van der Waals surface area contributed by atoms with Gasteiger partial charge in [-0.2, -0.15) is 0 Å². The number of carbonyl (C=O) groups is 2. The van der Waals surface area contributed by atoms with E-state index in [1.54, 1.807) is 4.90 Å². The second-order valence-corrected chi connectivity index (χ2v) is 7.78. The molecule has 26 heavy (non-hydrogen) atoms. The molecular weight excluding hydrogens is 330 g/mol. The van der Waals surface area contributed by atoms with Crippen LogP contribution in [0.4, 0.5) is 0 Å². The lowest BCUT2D eigenvalue weighted by Crippen LogP contribution is -2.45. The Morgan fingerprint density at radius 3 is 2.46 bits per heavy atom.